The first-order valence-electron chi connectivity index (χ1n) is 5.16. The number of nitro groups is 1. The van der Waals surface area contributed by atoms with Gasteiger partial charge in [-0.15, -0.1) is 0 Å². The van der Waals surface area contributed by atoms with E-state index in [-0.39, 0.29) is 10.6 Å². The van der Waals surface area contributed by atoms with E-state index < -0.39 is 0 Å². The molecule has 1 fully saturated rings. The molecule has 2 rings (SSSR count). The third-order valence-corrected chi connectivity index (χ3v) is 2.80. The molecular weight excluding hydrogens is 192 g/mol. The van der Waals surface area contributed by atoms with Crippen LogP contribution in [0.4, 0.5) is 11.4 Å². The van der Waals surface area contributed by atoms with Crippen molar-refractivity contribution >= 4 is 11.4 Å². The van der Waals surface area contributed by atoms with Crippen LogP contribution >= 0.6 is 0 Å². The summed E-state index contributed by atoms with van der Waals surface area (Å²) in [6.07, 6.45) is 2.31. The van der Waals surface area contributed by atoms with Crippen LogP contribution in [-0.2, 0) is 0 Å². The quantitative estimate of drug-likeness (QED) is 0.611. The average molecular weight is 206 g/mol. The normalized spacial score (nSPS) is 24.3. The predicted molar refractivity (Wildman–Crippen MR) is 58.9 cm³/mol. The van der Waals surface area contributed by atoms with Crippen LogP contribution in [0, 0.1) is 16.0 Å². The van der Waals surface area contributed by atoms with Gasteiger partial charge in [0.15, 0.2) is 0 Å². The Kier molecular flexibility index (Phi) is 2.58. The number of rotatable bonds is 3. The molecule has 1 aromatic carbocycles. The Morgan fingerprint density at radius 1 is 1.47 bits per heavy atom. The molecule has 1 aromatic rings. The van der Waals surface area contributed by atoms with E-state index in [1.165, 1.54) is 6.07 Å². The molecule has 0 radical (unpaired) electrons. The molecule has 1 aliphatic rings. The molecule has 0 atom stereocenters. The first kappa shape index (κ1) is 9.96. The number of anilines is 1. The molecule has 0 saturated heterocycles. The second-order valence-corrected chi connectivity index (χ2v) is 4.23. The highest BCUT2D eigenvalue weighted by Gasteiger charge is 2.25. The van der Waals surface area contributed by atoms with Gasteiger partial charge in [0.05, 0.1) is 4.92 Å². The van der Waals surface area contributed by atoms with Crippen LogP contribution in [-0.4, -0.2) is 11.0 Å². The number of nitrogens with one attached hydrogen (secondary N) is 1. The van der Waals surface area contributed by atoms with Crippen molar-refractivity contribution in [2.45, 2.75) is 25.8 Å². The summed E-state index contributed by atoms with van der Waals surface area (Å²) < 4.78 is 0. The lowest BCUT2D eigenvalue weighted by Gasteiger charge is -2.34. The highest BCUT2D eigenvalue weighted by atomic mass is 16.6. The Morgan fingerprint density at radius 2 is 2.20 bits per heavy atom. The second-order valence-electron chi connectivity index (χ2n) is 4.23. The molecule has 4 nitrogen and oxygen atoms in total. The van der Waals surface area contributed by atoms with E-state index in [0.29, 0.717) is 6.04 Å². The number of nitrogens with zero attached hydrogens (tertiary/aromatic N) is 1. The van der Waals surface area contributed by atoms with Gasteiger partial charge in [0.2, 0.25) is 0 Å². The van der Waals surface area contributed by atoms with E-state index in [2.05, 4.69) is 12.2 Å². The summed E-state index contributed by atoms with van der Waals surface area (Å²) in [6.45, 7) is 2.21. The van der Waals surface area contributed by atoms with Gasteiger partial charge >= 0.3 is 0 Å². The third kappa shape index (κ3) is 2.26. The maximum absolute atomic E-state index is 10.6. The van der Waals surface area contributed by atoms with Crippen molar-refractivity contribution in [3.63, 3.8) is 0 Å². The zero-order valence-corrected chi connectivity index (χ0v) is 8.64. The zero-order valence-electron chi connectivity index (χ0n) is 8.64. The second kappa shape index (κ2) is 3.88. The van der Waals surface area contributed by atoms with Crippen molar-refractivity contribution in [3.8, 4) is 0 Å². The minimum Gasteiger partial charge on any atom is -0.382 e. The molecule has 0 amide bonds. The molecular formula is C11H14N2O2. The fourth-order valence-electron chi connectivity index (χ4n) is 1.97. The van der Waals surface area contributed by atoms with Crippen LogP contribution in [0.1, 0.15) is 19.8 Å². The van der Waals surface area contributed by atoms with E-state index in [9.17, 15) is 10.1 Å². The first-order valence-corrected chi connectivity index (χ1v) is 5.16. The van der Waals surface area contributed by atoms with Crippen molar-refractivity contribution < 1.29 is 4.92 Å². The highest BCUT2D eigenvalue weighted by molar-refractivity contribution is 5.51. The lowest BCUT2D eigenvalue weighted by molar-refractivity contribution is -0.384. The summed E-state index contributed by atoms with van der Waals surface area (Å²) in [5.41, 5.74) is 0.994. The fraction of sp³-hybridized carbons (Fsp3) is 0.455. The summed E-state index contributed by atoms with van der Waals surface area (Å²) in [7, 11) is 0. The topological polar surface area (TPSA) is 55.2 Å². The van der Waals surface area contributed by atoms with E-state index in [0.717, 1.165) is 24.4 Å². The van der Waals surface area contributed by atoms with Gasteiger partial charge in [-0.3, -0.25) is 10.1 Å². The van der Waals surface area contributed by atoms with Gasteiger partial charge in [-0.2, -0.15) is 0 Å². The van der Waals surface area contributed by atoms with Crippen molar-refractivity contribution in [3.05, 3.63) is 34.4 Å². The SMILES string of the molecule is CC1CC(Nc2cccc([N+](=O)[O-])c2)C1. The number of nitro benzene ring substituents is 1. The van der Waals surface area contributed by atoms with Crippen LogP contribution in [0.15, 0.2) is 24.3 Å². The molecule has 0 spiro atoms. The molecule has 1 N–H and O–H groups in total. The van der Waals surface area contributed by atoms with Gasteiger partial charge in [-0.1, -0.05) is 13.0 Å². The molecule has 15 heavy (non-hydrogen) atoms. The van der Waals surface area contributed by atoms with Gasteiger partial charge in [0.1, 0.15) is 0 Å². The van der Waals surface area contributed by atoms with Crippen molar-refractivity contribution in [2.75, 3.05) is 5.32 Å². The standard InChI is InChI=1S/C11H14N2O2/c1-8-5-10(6-8)12-9-3-2-4-11(7-9)13(14)15/h2-4,7-8,10,12H,5-6H2,1H3. The van der Waals surface area contributed by atoms with E-state index in [4.69, 9.17) is 0 Å². The molecule has 80 valence electrons. The van der Waals surface area contributed by atoms with Crippen molar-refractivity contribution in [1.29, 1.82) is 0 Å². The Labute approximate surface area is 88.5 Å². The number of hydrogen-bond acceptors (Lipinski definition) is 3. The number of benzene rings is 1. The van der Waals surface area contributed by atoms with Crippen LogP contribution < -0.4 is 5.32 Å². The first-order chi connectivity index (χ1) is 7.15. The Balaban J connectivity index is 2.02. The summed E-state index contributed by atoms with van der Waals surface area (Å²) >= 11 is 0. The van der Waals surface area contributed by atoms with Gasteiger partial charge in [0, 0.05) is 23.9 Å². The van der Waals surface area contributed by atoms with Gasteiger partial charge in [0.25, 0.3) is 5.69 Å². The lowest BCUT2D eigenvalue weighted by Crippen LogP contribution is -2.33. The Morgan fingerprint density at radius 3 is 2.80 bits per heavy atom. The van der Waals surface area contributed by atoms with Crippen LogP contribution in [0.3, 0.4) is 0 Å². The maximum atomic E-state index is 10.6. The molecule has 0 aromatic heterocycles. The summed E-state index contributed by atoms with van der Waals surface area (Å²) in [5, 5.41) is 13.9. The highest BCUT2D eigenvalue weighted by Crippen LogP contribution is 2.30. The molecule has 0 bridgehead atoms. The minimum absolute atomic E-state index is 0.146. The van der Waals surface area contributed by atoms with Crippen LogP contribution in [0.2, 0.25) is 0 Å². The molecule has 1 aliphatic carbocycles. The lowest BCUT2D eigenvalue weighted by atomic mass is 9.82. The van der Waals surface area contributed by atoms with E-state index >= 15 is 0 Å². The number of hydrogen-bond donors (Lipinski definition) is 1. The fourth-order valence-corrected chi connectivity index (χ4v) is 1.97. The molecule has 0 aliphatic heterocycles. The minimum atomic E-state index is -0.366. The molecule has 1 saturated carbocycles. The molecule has 0 unspecified atom stereocenters. The van der Waals surface area contributed by atoms with Crippen molar-refractivity contribution in [1.82, 2.24) is 0 Å². The largest absolute Gasteiger partial charge is 0.382 e. The summed E-state index contributed by atoms with van der Waals surface area (Å²) in [5.74, 6) is 0.779. The maximum Gasteiger partial charge on any atom is 0.271 e. The van der Waals surface area contributed by atoms with Crippen LogP contribution in [0.25, 0.3) is 0 Å². The van der Waals surface area contributed by atoms with E-state index in [1.807, 2.05) is 6.07 Å². The number of non-ortho nitro benzene ring substituents is 1. The van der Waals surface area contributed by atoms with Crippen LogP contribution in [0.5, 0.6) is 0 Å². The monoisotopic (exact) mass is 206 g/mol. The van der Waals surface area contributed by atoms with E-state index in [1.54, 1.807) is 12.1 Å². The predicted octanol–water partition coefficient (Wildman–Crippen LogP) is 2.81. The Bertz CT molecular complexity index is 373. The zero-order chi connectivity index (χ0) is 10.8. The smallest absolute Gasteiger partial charge is 0.271 e. The Hall–Kier alpha value is -1.58. The third-order valence-electron chi connectivity index (χ3n) is 2.80. The summed E-state index contributed by atoms with van der Waals surface area (Å²) in [4.78, 5) is 10.2. The van der Waals surface area contributed by atoms with Gasteiger partial charge in [-0.05, 0) is 24.8 Å². The average Bonchev–Trinajstić information content (AvgIpc) is 2.16. The van der Waals surface area contributed by atoms with Crippen molar-refractivity contribution in [2.24, 2.45) is 5.92 Å². The molecule has 0 heterocycles. The summed E-state index contributed by atoms with van der Waals surface area (Å²) in [6, 6.07) is 7.16. The molecule has 4 heteroatoms. The van der Waals surface area contributed by atoms with Gasteiger partial charge < -0.3 is 5.32 Å². The van der Waals surface area contributed by atoms with Gasteiger partial charge in [-0.25, -0.2) is 0 Å².